The Morgan fingerprint density at radius 1 is 1.29 bits per heavy atom. The highest BCUT2D eigenvalue weighted by molar-refractivity contribution is 7.13. The minimum absolute atomic E-state index is 0.0433. The van der Waals surface area contributed by atoms with Crippen molar-refractivity contribution in [3.05, 3.63) is 44.9 Å². The van der Waals surface area contributed by atoms with Crippen LogP contribution in [0.25, 0.3) is 0 Å². The smallest absolute Gasteiger partial charge is 0.263 e. The molecule has 1 fully saturated rings. The van der Waals surface area contributed by atoms with Gasteiger partial charge in [0.25, 0.3) is 5.91 Å². The summed E-state index contributed by atoms with van der Waals surface area (Å²) in [6.45, 7) is 8.50. The maximum atomic E-state index is 12.6. The standard InChI is InChI=1S/C21H28ClN3O2S/c1-15(13-25-10-4-3-5-11-25)12-23-21(26)20-16(2)24-19(28-20)14-27-18-8-6-17(22)7-9-18/h6-9,15H,3-5,10-14H2,1-2H3,(H,23,26). The lowest BCUT2D eigenvalue weighted by Crippen LogP contribution is -2.38. The average molecular weight is 422 g/mol. The van der Waals surface area contributed by atoms with E-state index in [1.54, 1.807) is 12.1 Å². The highest BCUT2D eigenvalue weighted by atomic mass is 35.5. The van der Waals surface area contributed by atoms with Crippen molar-refractivity contribution in [3.63, 3.8) is 0 Å². The lowest BCUT2D eigenvalue weighted by atomic mass is 10.1. The molecule has 28 heavy (non-hydrogen) atoms. The number of carbonyl (C=O) groups excluding carboxylic acids is 1. The van der Waals surface area contributed by atoms with Crippen molar-refractivity contribution in [2.45, 2.75) is 39.7 Å². The summed E-state index contributed by atoms with van der Waals surface area (Å²) in [5, 5.41) is 4.53. The summed E-state index contributed by atoms with van der Waals surface area (Å²) in [6.07, 6.45) is 3.93. The number of likely N-dealkylation sites (tertiary alicyclic amines) is 1. The largest absolute Gasteiger partial charge is 0.486 e. The van der Waals surface area contributed by atoms with Gasteiger partial charge < -0.3 is 15.0 Å². The molecule has 1 aliphatic heterocycles. The van der Waals surface area contributed by atoms with Gasteiger partial charge in [-0.15, -0.1) is 11.3 Å². The molecule has 2 aromatic rings. The minimum atomic E-state index is -0.0433. The summed E-state index contributed by atoms with van der Waals surface area (Å²) in [5.74, 6) is 1.12. The van der Waals surface area contributed by atoms with Gasteiger partial charge in [0.15, 0.2) is 0 Å². The zero-order valence-corrected chi connectivity index (χ0v) is 18.1. The van der Waals surface area contributed by atoms with Crippen LogP contribution in [0.1, 0.15) is 46.6 Å². The van der Waals surface area contributed by atoms with Gasteiger partial charge in [0, 0.05) is 18.1 Å². The fourth-order valence-electron chi connectivity index (χ4n) is 3.40. The number of aromatic nitrogens is 1. The number of carbonyl (C=O) groups is 1. The van der Waals surface area contributed by atoms with Crippen molar-refractivity contribution >= 4 is 28.8 Å². The average Bonchev–Trinajstić information content (AvgIpc) is 3.07. The fourth-order valence-corrected chi connectivity index (χ4v) is 4.42. The van der Waals surface area contributed by atoms with E-state index >= 15 is 0 Å². The van der Waals surface area contributed by atoms with Gasteiger partial charge in [0.2, 0.25) is 0 Å². The highest BCUT2D eigenvalue weighted by Gasteiger charge is 2.18. The van der Waals surface area contributed by atoms with Gasteiger partial charge in [-0.1, -0.05) is 24.9 Å². The molecule has 1 saturated heterocycles. The molecule has 5 nitrogen and oxygen atoms in total. The summed E-state index contributed by atoms with van der Waals surface area (Å²) in [4.78, 5) is 20.2. The van der Waals surface area contributed by atoms with E-state index in [2.05, 4.69) is 22.1 Å². The van der Waals surface area contributed by atoms with Gasteiger partial charge in [0.1, 0.15) is 22.2 Å². The number of rotatable bonds is 8. The molecule has 152 valence electrons. The molecule has 1 unspecified atom stereocenters. The number of hydrogen-bond donors (Lipinski definition) is 1. The molecule has 1 amide bonds. The topological polar surface area (TPSA) is 54.5 Å². The molecule has 0 radical (unpaired) electrons. The molecule has 0 aliphatic carbocycles. The van der Waals surface area contributed by atoms with Gasteiger partial charge in [-0.05, 0) is 63.0 Å². The van der Waals surface area contributed by atoms with E-state index in [4.69, 9.17) is 16.3 Å². The summed E-state index contributed by atoms with van der Waals surface area (Å²) in [5.41, 5.74) is 0.751. The normalized spacial score (nSPS) is 16.0. The van der Waals surface area contributed by atoms with Gasteiger partial charge in [-0.2, -0.15) is 0 Å². The Hall–Kier alpha value is -1.63. The van der Waals surface area contributed by atoms with Crippen molar-refractivity contribution in [1.82, 2.24) is 15.2 Å². The quantitative estimate of drug-likeness (QED) is 0.680. The van der Waals surface area contributed by atoms with E-state index < -0.39 is 0 Å². The summed E-state index contributed by atoms with van der Waals surface area (Å²) in [6, 6.07) is 7.21. The number of amides is 1. The highest BCUT2D eigenvalue weighted by Crippen LogP contribution is 2.21. The first-order valence-electron chi connectivity index (χ1n) is 9.86. The molecule has 0 bridgehead atoms. The summed E-state index contributed by atoms with van der Waals surface area (Å²) < 4.78 is 5.73. The molecular formula is C21H28ClN3O2S. The number of nitrogens with one attached hydrogen (secondary N) is 1. The first-order valence-corrected chi connectivity index (χ1v) is 11.1. The van der Waals surface area contributed by atoms with Crippen molar-refractivity contribution in [2.24, 2.45) is 5.92 Å². The van der Waals surface area contributed by atoms with Crippen LogP contribution in [0.5, 0.6) is 5.75 Å². The van der Waals surface area contributed by atoms with Crippen LogP contribution in [0.2, 0.25) is 5.02 Å². The van der Waals surface area contributed by atoms with Gasteiger partial charge in [0.05, 0.1) is 5.69 Å². The van der Waals surface area contributed by atoms with Crippen LogP contribution in [0, 0.1) is 12.8 Å². The van der Waals surface area contributed by atoms with Crippen molar-refractivity contribution < 1.29 is 9.53 Å². The maximum Gasteiger partial charge on any atom is 0.263 e. The second-order valence-electron chi connectivity index (χ2n) is 7.44. The monoisotopic (exact) mass is 421 g/mol. The number of halogens is 1. The number of piperidine rings is 1. The Labute approximate surface area is 176 Å². The second kappa shape index (κ2) is 10.2. The summed E-state index contributed by atoms with van der Waals surface area (Å²) in [7, 11) is 0. The Morgan fingerprint density at radius 2 is 2.00 bits per heavy atom. The van der Waals surface area contributed by atoms with E-state index in [1.807, 2.05) is 19.1 Å². The third-order valence-electron chi connectivity index (χ3n) is 4.85. The van der Waals surface area contributed by atoms with Crippen molar-refractivity contribution in [3.8, 4) is 5.75 Å². The van der Waals surface area contributed by atoms with Crippen LogP contribution in [0.15, 0.2) is 24.3 Å². The summed E-state index contributed by atoms with van der Waals surface area (Å²) >= 11 is 7.27. The van der Waals surface area contributed by atoms with Gasteiger partial charge in [-0.25, -0.2) is 4.98 Å². The first kappa shape index (κ1) is 21.1. The second-order valence-corrected chi connectivity index (χ2v) is 8.96. The maximum absolute atomic E-state index is 12.6. The number of benzene rings is 1. The minimum Gasteiger partial charge on any atom is -0.486 e. The van der Waals surface area contributed by atoms with Gasteiger partial charge >= 0.3 is 0 Å². The Kier molecular flexibility index (Phi) is 7.71. The van der Waals surface area contributed by atoms with Crippen LogP contribution in [-0.2, 0) is 6.61 Å². The molecule has 0 spiro atoms. The van der Waals surface area contributed by atoms with Crippen LogP contribution >= 0.6 is 22.9 Å². The van der Waals surface area contributed by atoms with E-state index in [1.165, 1.54) is 43.7 Å². The molecule has 0 saturated carbocycles. The van der Waals surface area contributed by atoms with Crippen LogP contribution in [0.4, 0.5) is 0 Å². The molecular weight excluding hydrogens is 394 g/mol. The van der Waals surface area contributed by atoms with Crippen LogP contribution in [0.3, 0.4) is 0 Å². The van der Waals surface area contributed by atoms with Crippen molar-refractivity contribution in [1.29, 1.82) is 0 Å². The molecule has 3 rings (SSSR count). The predicted octanol–water partition coefficient (Wildman–Crippen LogP) is 4.54. The van der Waals surface area contributed by atoms with E-state index in [-0.39, 0.29) is 5.91 Å². The van der Waals surface area contributed by atoms with Crippen LogP contribution in [-0.4, -0.2) is 42.0 Å². The van der Waals surface area contributed by atoms with Crippen LogP contribution < -0.4 is 10.1 Å². The van der Waals surface area contributed by atoms with Gasteiger partial charge in [-0.3, -0.25) is 4.79 Å². The third kappa shape index (κ3) is 6.19. The molecule has 1 atom stereocenters. The lowest BCUT2D eigenvalue weighted by Gasteiger charge is -2.29. The SMILES string of the molecule is Cc1nc(COc2ccc(Cl)cc2)sc1C(=O)NCC(C)CN1CCCCC1. The third-order valence-corrected chi connectivity index (χ3v) is 6.23. The zero-order valence-electron chi connectivity index (χ0n) is 16.5. The van der Waals surface area contributed by atoms with E-state index in [0.29, 0.717) is 29.0 Å². The number of nitrogens with zero attached hydrogens (tertiary/aromatic N) is 2. The Balaban J connectivity index is 1.47. The zero-order chi connectivity index (χ0) is 19.9. The molecule has 1 aliphatic rings. The number of ether oxygens (including phenoxy) is 1. The van der Waals surface area contributed by atoms with Crippen molar-refractivity contribution in [2.75, 3.05) is 26.2 Å². The van der Waals surface area contributed by atoms with E-state index in [9.17, 15) is 4.79 Å². The number of hydrogen-bond acceptors (Lipinski definition) is 5. The molecule has 1 aromatic carbocycles. The number of thiazole rings is 1. The Morgan fingerprint density at radius 3 is 2.71 bits per heavy atom. The number of aryl methyl sites for hydroxylation is 1. The lowest BCUT2D eigenvalue weighted by molar-refractivity contribution is 0.0946. The first-order chi connectivity index (χ1) is 13.5. The Bertz CT molecular complexity index is 772. The molecule has 2 heterocycles. The van der Waals surface area contributed by atoms with E-state index in [0.717, 1.165) is 23.0 Å². The molecule has 1 N–H and O–H groups in total. The predicted molar refractivity (Wildman–Crippen MR) is 114 cm³/mol. The molecule has 7 heteroatoms. The fraction of sp³-hybridized carbons (Fsp3) is 0.524. The molecule has 1 aromatic heterocycles.